The Bertz CT molecular complexity index is 892. The van der Waals surface area contributed by atoms with Gasteiger partial charge in [0.2, 0.25) is 0 Å². The zero-order valence-corrected chi connectivity index (χ0v) is 12.9. The summed E-state index contributed by atoms with van der Waals surface area (Å²) < 4.78 is 1.48. The number of nitriles is 1. The zero-order chi connectivity index (χ0) is 18.6. The largest absolute Gasteiger partial charge is 0.370 e. The molecule has 0 bridgehead atoms. The molecule has 0 aliphatic heterocycles. The molecular formula is C15H14N8O2. The summed E-state index contributed by atoms with van der Waals surface area (Å²) in [5.74, 6) is -2.37. The maximum absolute atomic E-state index is 12.1. The van der Waals surface area contributed by atoms with Crippen LogP contribution >= 0.6 is 0 Å². The average molecular weight is 338 g/mol. The molecule has 0 aliphatic carbocycles. The molecule has 0 spiro atoms. The van der Waals surface area contributed by atoms with Crippen LogP contribution in [-0.2, 0) is 0 Å². The summed E-state index contributed by atoms with van der Waals surface area (Å²) in [6.07, 6.45) is 1.59. The number of aliphatic imine (C=N–C) groups is 2. The van der Waals surface area contributed by atoms with Crippen molar-refractivity contribution in [2.45, 2.75) is 0 Å². The van der Waals surface area contributed by atoms with Crippen LogP contribution in [0.2, 0.25) is 0 Å². The molecule has 2 aromatic rings. The molecule has 0 aliphatic rings. The van der Waals surface area contributed by atoms with Crippen LogP contribution in [0.25, 0.3) is 5.69 Å². The molecule has 0 fully saturated rings. The molecule has 8 N–H and O–H groups in total. The van der Waals surface area contributed by atoms with E-state index in [2.05, 4.69) is 9.98 Å². The molecule has 0 saturated heterocycles. The maximum Gasteiger partial charge on any atom is 0.280 e. The Labute approximate surface area is 142 Å². The number of hydrogen-bond acceptors (Lipinski definition) is 3. The molecule has 2 amide bonds. The van der Waals surface area contributed by atoms with Gasteiger partial charge in [0.25, 0.3) is 11.8 Å². The van der Waals surface area contributed by atoms with E-state index in [1.807, 2.05) is 6.07 Å². The van der Waals surface area contributed by atoms with Gasteiger partial charge < -0.3 is 27.5 Å². The predicted molar refractivity (Wildman–Crippen MR) is 90.8 cm³/mol. The normalized spacial score (nSPS) is 9.72. The van der Waals surface area contributed by atoms with Crippen LogP contribution in [-0.4, -0.2) is 28.3 Å². The fraction of sp³-hybridized carbons (Fsp3) is 0. The number of nitrogens with two attached hydrogens (primary N) is 4. The Morgan fingerprint density at radius 1 is 0.960 bits per heavy atom. The summed E-state index contributed by atoms with van der Waals surface area (Å²) in [6, 6.07) is 9.32. The van der Waals surface area contributed by atoms with Crippen LogP contribution in [0.4, 0.5) is 0 Å². The van der Waals surface area contributed by atoms with Crippen molar-refractivity contribution in [2.75, 3.05) is 0 Å². The first-order chi connectivity index (χ1) is 11.8. The molecule has 0 atom stereocenters. The van der Waals surface area contributed by atoms with Crippen LogP contribution in [0, 0.1) is 11.3 Å². The summed E-state index contributed by atoms with van der Waals surface area (Å²) in [5, 5.41) is 9.15. The molecule has 0 saturated carbocycles. The van der Waals surface area contributed by atoms with Gasteiger partial charge in [-0.25, -0.2) is 0 Å². The number of nitrogens with zero attached hydrogens (tertiary/aromatic N) is 4. The lowest BCUT2D eigenvalue weighted by Crippen LogP contribution is -2.24. The van der Waals surface area contributed by atoms with Crippen molar-refractivity contribution in [2.24, 2.45) is 32.9 Å². The number of benzene rings is 1. The summed E-state index contributed by atoms with van der Waals surface area (Å²) in [4.78, 5) is 31.1. The maximum atomic E-state index is 12.1. The van der Waals surface area contributed by atoms with Gasteiger partial charge in [0, 0.05) is 23.0 Å². The number of rotatable bonds is 3. The molecule has 1 heterocycles. The highest BCUT2D eigenvalue weighted by molar-refractivity contribution is 6.06. The minimum Gasteiger partial charge on any atom is -0.370 e. The predicted octanol–water partition coefficient (Wildman–Crippen LogP) is -0.824. The molecule has 10 heteroatoms. The molecule has 2 rings (SSSR count). The lowest BCUT2D eigenvalue weighted by molar-refractivity contribution is 0.100. The molecule has 0 unspecified atom stereocenters. The SMILES string of the molecule is N#Cc1cccn1-c1cc(C(=O)N=C(N)N)cc(C(=O)N=C(N)N)c1. The minimum atomic E-state index is -0.758. The smallest absolute Gasteiger partial charge is 0.280 e. The number of aromatic nitrogens is 1. The van der Waals surface area contributed by atoms with Gasteiger partial charge in [-0.05, 0) is 30.3 Å². The van der Waals surface area contributed by atoms with Crippen molar-refractivity contribution in [1.82, 2.24) is 4.57 Å². The Morgan fingerprint density at radius 2 is 1.48 bits per heavy atom. The second kappa shape index (κ2) is 6.97. The van der Waals surface area contributed by atoms with E-state index in [0.717, 1.165) is 0 Å². The van der Waals surface area contributed by atoms with Crippen LogP contribution < -0.4 is 22.9 Å². The van der Waals surface area contributed by atoms with Gasteiger partial charge in [0.1, 0.15) is 11.8 Å². The first kappa shape index (κ1) is 17.2. The van der Waals surface area contributed by atoms with Crippen molar-refractivity contribution in [1.29, 1.82) is 5.26 Å². The lowest BCUT2D eigenvalue weighted by atomic mass is 10.1. The van der Waals surface area contributed by atoms with Gasteiger partial charge in [-0.2, -0.15) is 15.2 Å². The number of carbonyl (C=O) groups excluding carboxylic acids is 2. The third kappa shape index (κ3) is 3.99. The number of amides is 2. The van der Waals surface area contributed by atoms with E-state index < -0.39 is 23.7 Å². The third-order valence-electron chi connectivity index (χ3n) is 3.01. The summed E-state index contributed by atoms with van der Waals surface area (Å²) >= 11 is 0. The van der Waals surface area contributed by atoms with Crippen molar-refractivity contribution >= 4 is 23.7 Å². The highest BCUT2D eigenvalue weighted by atomic mass is 16.2. The monoisotopic (exact) mass is 338 g/mol. The Morgan fingerprint density at radius 3 is 1.92 bits per heavy atom. The van der Waals surface area contributed by atoms with Crippen LogP contribution in [0.3, 0.4) is 0 Å². The van der Waals surface area contributed by atoms with Crippen LogP contribution in [0.1, 0.15) is 26.4 Å². The molecule has 1 aromatic heterocycles. The molecule has 1 aromatic carbocycles. The van der Waals surface area contributed by atoms with Crippen LogP contribution in [0.15, 0.2) is 46.5 Å². The van der Waals surface area contributed by atoms with Crippen molar-refractivity contribution < 1.29 is 9.59 Å². The van der Waals surface area contributed by atoms with E-state index in [9.17, 15) is 9.59 Å². The van der Waals surface area contributed by atoms with Gasteiger partial charge >= 0.3 is 0 Å². The van der Waals surface area contributed by atoms with E-state index in [4.69, 9.17) is 28.2 Å². The fourth-order valence-electron chi connectivity index (χ4n) is 2.06. The highest BCUT2D eigenvalue weighted by Gasteiger charge is 2.15. The molecular weight excluding hydrogens is 324 g/mol. The first-order valence-corrected chi connectivity index (χ1v) is 6.82. The Balaban J connectivity index is 2.66. The van der Waals surface area contributed by atoms with E-state index >= 15 is 0 Å². The van der Waals surface area contributed by atoms with Crippen molar-refractivity contribution in [3.63, 3.8) is 0 Å². The highest BCUT2D eigenvalue weighted by Crippen LogP contribution is 2.19. The van der Waals surface area contributed by atoms with Gasteiger partial charge in [-0.3, -0.25) is 9.59 Å². The molecule has 10 nitrogen and oxygen atoms in total. The topological polar surface area (TPSA) is 192 Å². The Kier molecular flexibility index (Phi) is 4.80. The summed E-state index contributed by atoms with van der Waals surface area (Å²) in [7, 11) is 0. The standard InChI is InChI=1S/C15H14N8O2/c16-7-10-2-1-3-23(10)11-5-8(12(24)21-14(17)18)4-9(6-11)13(25)22-15(19)20/h1-6H,(H4,17,18,21,24)(H4,19,20,22,25). The first-order valence-electron chi connectivity index (χ1n) is 6.82. The minimum absolute atomic E-state index is 0.0256. The van der Waals surface area contributed by atoms with Crippen molar-refractivity contribution in [3.05, 3.63) is 53.3 Å². The third-order valence-corrected chi connectivity index (χ3v) is 3.01. The molecule has 25 heavy (non-hydrogen) atoms. The number of hydrogen-bond donors (Lipinski definition) is 4. The van der Waals surface area contributed by atoms with Gasteiger partial charge in [-0.1, -0.05) is 0 Å². The second-order valence-electron chi connectivity index (χ2n) is 4.83. The molecule has 126 valence electrons. The van der Waals surface area contributed by atoms with E-state index in [1.165, 1.54) is 22.8 Å². The summed E-state index contributed by atoms with van der Waals surface area (Å²) in [5.41, 5.74) is 21.6. The van der Waals surface area contributed by atoms with Gasteiger partial charge in [0.05, 0.1) is 0 Å². The average Bonchev–Trinajstić information content (AvgIpc) is 3.01. The summed E-state index contributed by atoms with van der Waals surface area (Å²) in [6.45, 7) is 0. The van der Waals surface area contributed by atoms with E-state index in [1.54, 1.807) is 18.3 Å². The quantitative estimate of drug-likeness (QED) is 0.414. The number of guanidine groups is 2. The Hall–Kier alpha value is -4.13. The van der Waals surface area contributed by atoms with E-state index in [0.29, 0.717) is 11.4 Å². The molecule has 0 radical (unpaired) electrons. The lowest BCUT2D eigenvalue weighted by Gasteiger charge is -2.09. The van der Waals surface area contributed by atoms with Gasteiger partial charge in [0.15, 0.2) is 11.9 Å². The van der Waals surface area contributed by atoms with Crippen LogP contribution in [0.5, 0.6) is 0 Å². The van der Waals surface area contributed by atoms with Gasteiger partial charge in [-0.15, -0.1) is 0 Å². The van der Waals surface area contributed by atoms with E-state index in [-0.39, 0.29) is 11.1 Å². The fourth-order valence-corrected chi connectivity index (χ4v) is 2.06. The number of carbonyl (C=O) groups is 2. The second-order valence-corrected chi connectivity index (χ2v) is 4.83. The van der Waals surface area contributed by atoms with Crippen molar-refractivity contribution in [3.8, 4) is 11.8 Å². The zero-order valence-electron chi connectivity index (χ0n) is 12.9.